The smallest absolute Gasteiger partial charge is 0.250 e. The second-order valence-electron chi connectivity index (χ2n) is 5.92. The Balaban J connectivity index is 1.60. The Labute approximate surface area is 187 Å². The van der Waals surface area contributed by atoms with Gasteiger partial charge in [-0.15, -0.1) is 0 Å². The predicted molar refractivity (Wildman–Crippen MR) is 126 cm³/mol. The zero-order valence-electron chi connectivity index (χ0n) is 14.8. The highest BCUT2D eigenvalue weighted by atomic mass is 127. The largest absolute Gasteiger partial charge is 0.457 e. The van der Waals surface area contributed by atoms with Crippen LogP contribution in [0.4, 0.5) is 5.69 Å². The highest BCUT2D eigenvalue weighted by Crippen LogP contribution is 2.27. The molecular weight excluding hydrogens is 507 g/mol. The second kappa shape index (κ2) is 9.36. The number of rotatable bonds is 4. The summed E-state index contributed by atoms with van der Waals surface area (Å²) in [5, 5.41) is 6.52. The summed E-state index contributed by atoms with van der Waals surface area (Å²) < 4.78 is 6.76. The van der Waals surface area contributed by atoms with E-state index in [4.69, 9.17) is 28.2 Å². The summed E-state index contributed by atoms with van der Waals surface area (Å²) >= 11 is 13.5. The quantitative estimate of drug-likeness (QED) is 0.249. The Morgan fingerprint density at radius 3 is 2.71 bits per heavy atom. The van der Waals surface area contributed by atoms with Crippen molar-refractivity contribution in [2.75, 3.05) is 5.32 Å². The summed E-state index contributed by atoms with van der Waals surface area (Å²) in [6.45, 7) is 1.94. The topological polar surface area (TPSA) is 54.3 Å². The van der Waals surface area contributed by atoms with Crippen molar-refractivity contribution in [1.29, 1.82) is 0 Å². The van der Waals surface area contributed by atoms with Crippen LogP contribution in [0.2, 0.25) is 5.02 Å². The zero-order chi connectivity index (χ0) is 20.1. The second-order valence-corrected chi connectivity index (χ2v) is 7.90. The summed E-state index contributed by atoms with van der Waals surface area (Å²) in [5.41, 5.74) is 2.72. The van der Waals surface area contributed by atoms with Crippen LogP contribution in [0.25, 0.3) is 17.4 Å². The molecule has 3 aromatic rings. The van der Waals surface area contributed by atoms with E-state index in [0.29, 0.717) is 16.5 Å². The van der Waals surface area contributed by atoms with Crippen LogP contribution in [0.5, 0.6) is 0 Å². The van der Waals surface area contributed by atoms with Crippen LogP contribution in [-0.2, 0) is 4.79 Å². The molecule has 1 heterocycles. The van der Waals surface area contributed by atoms with Crippen LogP contribution in [0.3, 0.4) is 0 Å². The van der Waals surface area contributed by atoms with Crippen LogP contribution < -0.4 is 10.6 Å². The Bertz CT molecular complexity index is 1060. The molecule has 0 unspecified atom stereocenters. The number of hydrogen-bond acceptors (Lipinski definition) is 3. The van der Waals surface area contributed by atoms with Gasteiger partial charge in [-0.25, -0.2) is 0 Å². The zero-order valence-corrected chi connectivity index (χ0v) is 18.6. The number of carbonyl (C=O) groups excluding carboxylic acids is 1. The Kier molecular flexibility index (Phi) is 6.88. The monoisotopic (exact) mass is 522 g/mol. The molecule has 142 valence electrons. The number of anilines is 1. The fourth-order valence-corrected chi connectivity index (χ4v) is 3.28. The minimum Gasteiger partial charge on any atom is -0.457 e. The van der Waals surface area contributed by atoms with Gasteiger partial charge < -0.3 is 9.73 Å². The summed E-state index contributed by atoms with van der Waals surface area (Å²) in [6.07, 6.45) is 2.96. The van der Waals surface area contributed by atoms with Crippen molar-refractivity contribution in [2.45, 2.75) is 6.92 Å². The SMILES string of the molecule is Cc1ccc(-c2ccc(/C=C/C(=O)NC(=S)Nc3ccccc3I)o2)cc1Cl. The predicted octanol–water partition coefficient (Wildman–Crippen LogP) is 6.04. The number of furan rings is 1. The molecule has 2 N–H and O–H groups in total. The third-order valence-electron chi connectivity index (χ3n) is 3.84. The lowest BCUT2D eigenvalue weighted by molar-refractivity contribution is -0.115. The van der Waals surface area contributed by atoms with E-state index in [2.05, 4.69) is 33.2 Å². The number of aryl methyl sites for hydroxylation is 1. The molecule has 4 nitrogen and oxygen atoms in total. The van der Waals surface area contributed by atoms with E-state index in [1.807, 2.05) is 55.5 Å². The van der Waals surface area contributed by atoms with Crippen LogP contribution in [0, 0.1) is 10.5 Å². The van der Waals surface area contributed by atoms with E-state index < -0.39 is 0 Å². The number of carbonyl (C=O) groups is 1. The van der Waals surface area contributed by atoms with Gasteiger partial charge in [0.25, 0.3) is 0 Å². The van der Waals surface area contributed by atoms with Crippen LogP contribution in [-0.4, -0.2) is 11.0 Å². The maximum atomic E-state index is 12.1. The maximum absolute atomic E-state index is 12.1. The molecule has 0 saturated carbocycles. The minimum atomic E-state index is -0.347. The molecule has 0 aliphatic carbocycles. The maximum Gasteiger partial charge on any atom is 0.250 e. The molecule has 3 rings (SSSR count). The van der Waals surface area contributed by atoms with Gasteiger partial charge in [-0.3, -0.25) is 10.1 Å². The van der Waals surface area contributed by atoms with Crippen molar-refractivity contribution < 1.29 is 9.21 Å². The average Bonchev–Trinajstić information content (AvgIpc) is 3.13. The van der Waals surface area contributed by atoms with Gasteiger partial charge in [0.1, 0.15) is 11.5 Å². The lowest BCUT2D eigenvalue weighted by Gasteiger charge is -2.09. The number of nitrogens with one attached hydrogen (secondary N) is 2. The fourth-order valence-electron chi connectivity index (χ4n) is 2.37. The van der Waals surface area contributed by atoms with Gasteiger partial charge in [0.15, 0.2) is 5.11 Å². The first kappa shape index (κ1) is 20.6. The molecule has 0 aliphatic rings. The molecule has 0 saturated heterocycles. The summed E-state index contributed by atoms with van der Waals surface area (Å²) in [7, 11) is 0. The third-order valence-corrected chi connectivity index (χ3v) is 5.39. The molecule has 0 aliphatic heterocycles. The van der Waals surface area contributed by atoms with E-state index in [9.17, 15) is 4.79 Å². The van der Waals surface area contributed by atoms with Crippen molar-refractivity contribution in [1.82, 2.24) is 5.32 Å². The number of para-hydroxylation sites is 1. The van der Waals surface area contributed by atoms with Crippen LogP contribution >= 0.6 is 46.4 Å². The van der Waals surface area contributed by atoms with Crippen molar-refractivity contribution in [2.24, 2.45) is 0 Å². The van der Waals surface area contributed by atoms with Crippen molar-refractivity contribution in [3.63, 3.8) is 0 Å². The summed E-state index contributed by atoms with van der Waals surface area (Å²) in [4.78, 5) is 12.1. The first-order valence-corrected chi connectivity index (χ1v) is 10.2. The molecule has 1 amide bonds. The molecule has 28 heavy (non-hydrogen) atoms. The normalized spacial score (nSPS) is 10.8. The summed E-state index contributed by atoms with van der Waals surface area (Å²) in [5.74, 6) is 0.885. The van der Waals surface area contributed by atoms with Gasteiger partial charge in [0.05, 0.1) is 5.69 Å². The number of hydrogen-bond donors (Lipinski definition) is 2. The van der Waals surface area contributed by atoms with Crippen molar-refractivity contribution in [3.8, 4) is 11.3 Å². The standard InChI is InChI=1S/C21H16ClIN2O2S/c1-13-6-7-14(12-16(13)22)19-10-8-15(27-19)9-11-20(26)25-21(28)24-18-5-3-2-4-17(18)23/h2-12H,1H3,(H2,24,25,26,28)/b11-9+. The molecule has 7 heteroatoms. The van der Waals surface area contributed by atoms with E-state index >= 15 is 0 Å². The third kappa shape index (κ3) is 5.43. The lowest BCUT2D eigenvalue weighted by Crippen LogP contribution is -2.33. The van der Waals surface area contributed by atoms with E-state index in [0.717, 1.165) is 20.4 Å². The molecule has 0 fully saturated rings. The first-order chi connectivity index (χ1) is 13.4. The van der Waals surface area contributed by atoms with E-state index in [1.165, 1.54) is 6.08 Å². The fraction of sp³-hybridized carbons (Fsp3) is 0.0476. The summed E-state index contributed by atoms with van der Waals surface area (Å²) in [6, 6.07) is 17.0. The number of thiocarbonyl (C=S) groups is 1. The van der Waals surface area contributed by atoms with Crippen LogP contribution in [0.1, 0.15) is 11.3 Å². The number of halogens is 2. The molecule has 0 bridgehead atoms. The first-order valence-electron chi connectivity index (χ1n) is 8.33. The molecule has 2 aromatic carbocycles. The molecule has 0 atom stereocenters. The Hall–Kier alpha value is -2.16. The van der Waals surface area contributed by atoms with Gasteiger partial charge in [-0.05, 0) is 83.7 Å². The number of amides is 1. The average molecular weight is 523 g/mol. The van der Waals surface area contributed by atoms with Crippen LogP contribution in [0.15, 0.2) is 65.1 Å². The van der Waals surface area contributed by atoms with Gasteiger partial charge in [0.2, 0.25) is 5.91 Å². The van der Waals surface area contributed by atoms with Gasteiger partial charge >= 0.3 is 0 Å². The van der Waals surface area contributed by atoms with Gasteiger partial charge in [-0.1, -0.05) is 35.9 Å². The minimum absolute atomic E-state index is 0.230. The van der Waals surface area contributed by atoms with Gasteiger partial charge in [-0.2, -0.15) is 0 Å². The molecule has 1 aromatic heterocycles. The Morgan fingerprint density at radius 2 is 1.96 bits per heavy atom. The van der Waals surface area contributed by atoms with Crippen molar-refractivity contribution >= 4 is 69.2 Å². The number of benzene rings is 2. The Morgan fingerprint density at radius 1 is 1.18 bits per heavy atom. The molecular formula is C21H16ClIN2O2S. The highest BCUT2D eigenvalue weighted by molar-refractivity contribution is 14.1. The molecule has 0 radical (unpaired) electrons. The van der Waals surface area contributed by atoms with Gasteiger partial charge in [0, 0.05) is 20.2 Å². The highest BCUT2D eigenvalue weighted by Gasteiger charge is 2.07. The van der Waals surface area contributed by atoms with Crippen molar-refractivity contribution in [3.05, 3.63) is 80.6 Å². The van der Waals surface area contributed by atoms with E-state index in [-0.39, 0.29) is 11.0 Å². The van der Waals surface area contributed by atoms with E-state index in [1.54, 1.807) is 12.1 Å². The lowest BCUT2D eigenvalue weighted by atomic mass is 10.1. The molecule has 0 spiro atoms.